The van der Waals surface area contributed by atoms with Crippen LogP contribution in [0.2, 0.25) is 0 Å². The normalized spacial score (nSPS) is 11.9. The van der Waals surface area contributed by atoms with Gasteiger partial charge < -0.3 is 0 Å². The Kier molecular flexibility index (Phi) is 6.39. The van der Waals surface area contributed by atoms with Crippen LogP contribution < -0.4 is 0 Å². The number of hydrogen-bond acceptors (Lipinski definition) is 4. The number of isocyanates is 2. The monoisotopic (exact) mass is 320 g/mol. The van der Waals surface area contributed by atoms with E-state index in [0.29, 0.717) is 6.42 Å². The number of nitrogens with zero attached hydrogens (tertiary/aromatic N) is 2. The Labute approximate surface area is 142 Å². The van der Waals surface area contributed by atoms with Crippen LogP contribution in [-0.4, -0.2) is 18.2 Å². The Bertz CT molecular complexity index is 691. The molecule has 0 radical (unpaired) electrons. The number of rotatable bonds is 8. The third-order valence-electron chi connectivity index (χ3n) is 4.17. The number of benzene rings is 2. The maximum absolute atomic E-state index is 11.3. The van der Waals surface area contributed by atoms with E-state index < -0.39 is 11.6 Å². The summed E-state index contributed by atoms with van der Waals surface area (Å²) in [6, 6.07) is 18.4. The van der Waals surface area contributed by atoms with E-state index in [0.717, 1.165) is 24.0 Å². The summed E-state index contributed by atoms with van der Waals surface area (Å²) in [5, 5.41) is 0. The number of carbonyl (C=O) groups excluding carboxylic acids is 2. The summed E-state index contributed by atoms with van der Waals surface area (Å²) in [6.07, 6.45) is 5.82. The van der Waals surface area contributed by atoms with Crippen LogP contribution in [0.25, 0.3) is 0 Å². The first kappa shape index (κ1) is 17.6. The summed E-state index contributed by atoms with van der Waals surface area (Å²) in [5.74, 6) is 0. The topological polar surface area (TPSA) is 58.9 Å². The smallest absolute Gasteiger partial charge is 0.211 e. The van der Waals surface area contributed by atoms with Crippen LogP contribution in [0.3, 0.4) is 0 Å². The van der Waals surface area contributed by atoms with Crippen molar-refractivity contribution in [3.8, 4) is 0 Å². The van der Waals surface area contributed by atoms with Crippen molar-refractivity contribution in [1.82, 2.24) is 0 Å². The Balaban J connectivity index is 2.74. The molecule has 0 aliphatic rings. The molecule has 0 aliphatic heterocycles. The highest BCUT2D eigenvalue weighted by Gasteiger charge is 2.42. The van der Waals surface area contributed by atoms with Crippen molar-refractivity contribution in [3.63, 3.8) is 0 Å². The highest BCUT2D eigenvalue weighted by Crippen LogP contribution is 2.40. The van der Waals surface area contributed by atoms with E-state index in [1.807, 2.05) is 60.7 Å². The average Bonchev–Trinajstić information content (AvgIpc) is 2.65. The second-order valence-corrected chi connectivity index (χ2v) is 5.58. The van der Waals surface area contributed by atoms with E-state index in [2.05, 4.69) is 16.9 Å². The zero-order valence-electron chi connectivity index (χ0n) is 13.7. The van der Waals surface area contributed by atoms with Gasteiger partial charge in [0.05, 0.1) is 6.04 Å². The van der Waals surface area contributed by atoms with Crippen LogP contribution in [-0.2, 0) is 15.1 Å². The first-order chi connectivity index (χ1) is 11.8. The van der Waals surface area contributed by atoms with Crippen LogP contribution in [0.4, 0.5) is 0 Å². The maximum atomic E-state index is 11.3. The standard InChI is InChI=1S/C20H20N2O2/c1-2-3-14-19(21-15-23)20(22-16-24,17-10-6-4-7-11-17)18-12-8-5-9-13-18/h4-13,19H,2-3,14H2,1H3. The van der Waals surface area contributed by atoms with Gasteiger partial charge in [-0.1, -0.05) is 80.4 Å². The minimum absolute atomic E-state index is 0.513. The van der Waals surface area contributed by atoms with Crippen LogP contribution in [0.1, 0.15) is 37.3 Å². The van der Waals surface area contributed by atoms with Crippen molar-refractivity contribution in [3.05, 3.63) is 71.8 Å². The summed E-state index contributed by atoms with van der Waals surface area (Å²) >= 11 is 0. The third kappa shape index (κ3) is 3.57. The van der Waals surface area contributed by atoms with Gasteiger partial charge in [-0.05, 0) is 17.5 Å². The zero-order chi connectivity index (χ0) is 17.3. The molecule has 2 rings (SSSR count). The van der Waals surface area contributed by atoms with Gasteiger partial charge in [0.2, 0.25) is 12.2 Å². The van der Waals surface area contributed by atoms with Gasteiger partial charge >= 0.3 is 0 Å². The molecule has 2 aromatic carbocycles. The number of unbranched alkanes of at least 4 members (excludes halogenated alkanes) is 1. The summed E-state index contributed by atoms with van der Waals surface area (Å²) in [4.78, 5) is 30.6. The Morgan fingerprint density at radius 1 is 0.917 bits per heavy atom. The van der Waals surface area contributed by atoms with Gasteiger partial charge in [0, 0.05) is 0 Å². The SMILES string of the molecule is CCCCC(N=C=O)C(N=C=O)(c1ccccc1)c1ccccc1. The van der Waals surface area contributed by atoms with Gasteiger partial charge in [-0.25, -0.2) is 9.59 Å². The lowest BCUT2D eigenvalue weighted by molar-refractivity contribution is 0.389. The second-order valence-electron chi connectivity index (χ2n) is 5.58. The van der Waals surface area contributed by atoms with Crippen molar-refractivity contribution < 1.29 is 9.59 Å². The summed E-state index contributed by atoms with van der Waals surface area (Å²) in [7, 11) is 0. The second kappa shape index (κ2) is 8.73. The van der Waals surface area contributed by atoms with E-state index in [9.17, 15) is 9.59 Å². The van der Waals surface area contributed by atoms with Gasteiger partial charge in [0.1, 0.15) is 5.54 Å². The van der Waals surface area contributed by atoms with E-state index in [1.54, 1.807) is 12.2 Å². The van der Waals surface area contributed by atoms with Crippen molar-refractivity contribution in [2.75, 3.05) is 0 Å². The van der Waals surface area contributed by atoms with Gasteiger partial charge in [0.15, 0.2) is 0 Å². The van der Waals surface area contributed by atoms with Gasteiger partial charge in [-0.2, -0.15) is 9.98 Å². The lowest BCUT2D eigenvalue weighted by atomic mass is 9.76. The van der Waals surface area contributed by atoms with E-state index >= 15 is 0 Å². The highest BCUT2D eigenvalue weighted by atomic mass is 16.1. The minimum Gasteiger partial charge on any atom is -0.211 e. The lowest BCUT2D eigenvalue weighted by Gasteiger charge is -2.34. The van der Waals surface area contributed by atoms with Crippen molar-refractivity contribution in [1.29, 1.82) is 0 Å². The number of aliphatic imine (C=N–C) groups is 2. The van der Waals surface area contributed by atoms with Crippen LogP contribution in [0.15, 0.2) is 70.6 Å². The van der Waals surface area contributed by atoms with Gasteiger partial charge in [-0.15, -0.1) is 0 Å². The molecule has 0 saturated carbocycles. The quantitative estimate of drug-likeness (QED) is 0.541. The fourth-order valence-corrected chi connectivity index (χ4v) is 3.04. The van der Waals surface area contributed by atoms with E-state index in [-0.39, 0.29) is 0 Å². The minimum atomic E-state index is -1.07. The van der Waals surface area contributed by atoms with E-state index in [1.165, 1.54) is 0 Å². The summed E-state index contributed by atoms with van der Waals surface area (Å²) < 4.78 is 0. The molecule has 0 aliphatic carbocycles. The van der Waals surface area contributed by atoms with Crippen LogP contribution in [0, 0.1) is 0 Å². The van der Waals surface area contributed by atoms with E-state index in [4.69, 9.17) is 0 Å². The molecule has 0 bridgehead atoms. The summed E-state index contributed by atoms with van der Waals surface area (Å²) in [6.45, 7) is 2.07. The van der Waals surface area contributed by atoms with Crippen molar-refractivity contribution in [2.24, 2.45) is 9.98 Å². The Hall–Kier alpha value is -2.80. The Morgan fingerprint density at radius 2 is 1.46 bits per heavy atom. The molecule has 2 aromatic rings. The largest absolute Gasteiger partial charge is 0.236 e. The molecule has 0 fully saturated rings. The molecule has 0 aromatic heterocycles. The third-order valence-corrected chi connectivity index (χ3v) is 4.17. The Morgan fingerprint density at radius 3 is 1.88 bits per heavy atom. The molecule has 122 valence electrons. The lowest BCUT2D eigenvalue weighted by Crippen LogP contribution is -2.38. The molecular formula is C20H20N2O2. The zero-order valence-corrected chi connectivity index (χ0v) is 13.7. The molecule has 0 amide bonds. The summed E-state index contributed by atoms with van der Waals surface area (Å²) in [5.41, 5.74) is 0.538. The maximum Gasteiger partial charge on any atom is 0.236 e. The van der Waals surface area contributed by atoms with Crippen molar-refractivity contribution >= 4 is 12.2 Å². The van der Waals surface area contributed by atoms with Crippen LogP contribution in [0.5, 0.6) is 0 Å². The molecule has 4 nitrogen and oxygen atoms in total. The molecular weight excluding hydrogens is 300 g/mol. The van der Waals surface area contributed by atoms with Gasteiger partial charge in [-0.3, -0.25) is 0 Å². The highest BCUT2D eigenvalue weighted by molar-refractivity contribution is 5.48. The van der Waals surface area contributed by atoms with Gasteiger partial charge in [0.25, 0.3) is 0 Å². The number of hydrogen-bond donors (Lipinski definition) is 0. The molecule has 0 saturated heterocycles. The fourth-order valence-electron chi connectivity index (χ4n) is 3.04. The predicted molar refractivity (Wildman–Crippen MR) is 93.2 cm³/mol. The molecule has 4 heteroatoms. The average molecular weight is 320 g/mol. The first-order valence-corrected chi connectivity index (χ1v) is 8.06. The molecule has 0 N–H and O–H groups in total. The molecule has 1 atom stereocenters. The molecule has 24 heavy (non-hydrogen) atoms. The predicted octanol–water partition coefficient (Wildman–Crippen LogP) is 4.16. The fraction of sp³-hybridized carbons (Fsp3) is 0.300. The molecule has 1 unspecified atom stereocenters. The molecule has 0 spiro atoms. The first-order valence-electron chi connectivity index (χ1n) is 8.06. The van der Waals surface area contributed by atoms with Crippen LogP contribution >= 0.6 is 0 Å². The van der Waals surface area contributed by atoms with Crippen molar-refractivity contribution in [2.45, 2.75) is 37.8 Å². The molecule has 0 heterocycles.